The van der Waals surface area contributed by atoms with Crippen LogP contribution in [0.1, 0.15) is 57.9 Å². The maximum atomic E-state index is 6.62. The Bertz CT molecular complexity index is 470. The predicted molar refractivity (Wildman–Crippen MR) is 101 cm³/mol. The molecular weight excluding hydrogens is 294 g/mol. The molecule has 0 amide bonds. The third kappa shape index (κ3) is 4.83. The average molecular weight is 330 g/mol. The number of ether oxygens (including phenoxy) is 1. The van der Waals surface area contributed by atoms with Gasteiger partial charge in [0.05, 0.1) is 12.2 Å². The smallest absolute Gasteiger partial charge is 0.0723 e. The van der Waals surface area contributed by atoms with Crippen molar-refractivity contribution in [1.29, 1.82) is 0 Å². The van der Waals surface area contributed by atoms with Crippen LogP contribution in [0.2, 0.25) is 0 Å². The summed E-state index contributed by atoms with van der Waals surface area (Å²) in [4.78, 5) is 2.57. The van der Waals surface area contributed by atoms with E-state index in [1.54, 1.807) is 0 Å². The van der Waals surface area contributed by atoms with Gasteiger partial charge in [-0.3, -0.25) is 0 Å². The van der Waals surface area contributed by atoms with Gasteiger partial charge in [-0.2, -0.15) is 0 Å². The van der Waals surface area contributed by atoms with Crippen molar-refractivity contribution in [3.05, 3.63) is 35.9 Å². The van der Waals surface area contributed by atoms with Crippen LogP contribution in [0.15, 0.2) is 30.3 Å². The van der Waals surface area contributed by atoms with E-state index in [1.807, 2.05) is 0 Å². The number of likely N-dealkylation sites (tertiary alicyclic amines) is 1. The lowest BCUT2D eigenvalue weighted by Gasteiger charge is -2.42. The molecule has 134 valence electrons. The highest BCUT2D eigenvalue weighted by atomic mass is 16.5. The third-order valence-electron chi connectivity index (χ3n) is 6.27. The molecule has 0 bridgehead atoms. The van der Waals surface area contributed by atoms with Crippen LogP contribution >= 0.6 is 0 Å². The maximum absolute atomic E-state index is 6.62. The van der Waals surface area contributed by atoms with E-state index in [4.69, 9.17) is 4.74 Å². The van der Waals surface area contributed by atoms with E-state index in [-0.39, 0.29) is 5.60 Å². The molecule has 1 heterocycles. The fraction of sp³-hybridized carbons (Fsp3) is 0.727. The minimum atomic E-state index is 0.0759. The highest BCUT2D eigenvalue weighted by Crippen LogP contribution is 2.40. The van der Waals surface area contributed by atoms with Gasteiger partial charge >= 0.3 is 0 Å². The van der Waals surface area contributed by atoms with Gasteiger partial charge in [-0.05, 0) is 69.0 Å². The van der Waals surface area contributed by atoms with Gasteiger partial charge in [0.2, 0.25) is 0 Å². The second-order valence-corrected chi connectivity index (χ2v) is 8.32. The van der Waals surface area contributed by atoms with Crippen molar-refractivity contribution in [3.8, 4) is 0 Å². The molecule has 0 spiro atoms. The second kappa shape index (κ2) is 8.49. The molecule has 2 aliphatic rings. The molecule has 1 aromatic carbocycles. The summed E-state index contributed by atoms with van der Waals surface area (Å²) in [5.74, 6) is 1.69. The van der Waals surface area contributed by atoms with Crippen molar-refractivity contribution >= 4 is 0 Å². The van der Waals surface area contributed by atoms with E-state index in [0.717, 1.165) is 31.4 Å². The van der Waals surface area contributed by atoms with Gasteiger partial charge < -0.3 is 9.64 Å². The topological polar surface area (TPSA) is 12.5 Å². The van der Waals surface area contributed by atoms with Gasteiger partial charge in [0.25, 0.3) is 0 Å². The largest absolute Gasteiger partial charge is 0.373 e. The molecule has 1 saturated heterocycles. The summed E-state index contributed by atoms with van der Waals surface area (Å²) in [5, 5.41) is 0. The summed E-state index contributed by atoms with van der Waals surface area (Å²) >= 11 is 0. The summed E-state index contributed by atoms with van der Waals surface area (Å²) < 4.78 is 6.62. The molecule has 1 aromatic rings. The van der Waals surface area contributed by atoms with Gasteiger partial charge in [-0.25, -0.2) is 0 Å². The fourth-order valence-corrected chi connectivity index (χ4v) is 4.57. The number of nitrogens with zero attached hydrogens (tertiary/aromatic N) is 1. The first-order valence-corrected chi connectivity index (χ1v) is 10.1. The van der Waals surface area contributed by atoms with Crippen molar-refractivity contribution in [1.82, 2.24) is 4.90 Å². The Morgan fingerprint density at radius 3 is 2.38 bits per heavy atom. The summed E-state index contributed by atoms with van der Waals surface area (Å²) in [6.07, 6.45) is 8.92. The monoisotopic (exact) mass is 329 g/mol. The molecule has 3 rings (SSSR count). The zero-order chi connectivity index (χ0) is 16.8. The Labute approximate surface area is 148 Å². The van der Waals surface area contributed by atoms with E-state index in [9.17, 15) is 0 Å². The predicted octanol–water partition coefficient (Wildman–Crippen LogP) is 4.93. The highest BCUT2D eigenvalue weighted by molar-refractivity contribution is 5.17. The molecule has 24 heavy (non-hydrogen) atoms. The Morgan fingerprint density at radius 1 is 1.08 bits per heavy atom. The van der Waals surface area contributed by atoms with Crippen molar-refractivity contribution in [2.24, 2.45) is 11.8 Å². The lowest BCUT2D eigenvalue weighted by Crippen LogP contribution is -2.42. The standard InChI is InChI=1S/C22H35NO/c1-19(2)21-10-12-22(13-11-21,18-20-8-4-3-5-9-20)24-17-16-23-14-6-7-15-23/h3-5,8-9,19,21H,6-7,10-18H2,1-2H3. The molecule has 0 aromatic heterocycles. The van der Waals surface area contributed by atoms with E-state index < -0.39 is 0 Å². The Morgan fingerprint density at radius 2 is 1.75 bits per heavy atom. The molecule has 1 aliphatic heterocycles. The van der Waals surface area contributed by atoms with Gasteiger partial charge in [-0.15, -0.1) is 0 Å². The quantitative estimate of drug-likeness (QED) is 0.703. The third-order valence-corrected chi connectivity index (χ3v) is 6.27. The number of rotatable bonds is 7. The number of hydrogen-bond donors (Lipinski definition) is 0. The molecule has 2 nitrogen and oxygen atoms in total. The normalized spacial score (nSPS) is 28.5. The van der Waals surface area contributed by atoms with Gasteiger partial charge in [0.1, 0.15) is 0 Å². The van der Waals surface area contributed by atoms with Crippen LogP contribution in [0.25, 0.3) is 0 Å². The van der Waals surface area contributed by atoms with Crippen LogP contribution in [0.5, 0.6) is 0 Å². The average Bonchev–Trinajstić information content (AvgIpc) is 3.10. The lowest BCUT2D eigenvalue weighted by molar-refractivity contribution is -0.0847. The summed E-state index contributed by atoms with van der Waals surface area (Å²) in [6, 6.07) is 11.0. The van der Waals surface area contributed by atoms with Gasteiger partial charge in [0, 0.05) is 13.0 Å². The van der Waals surface area contributed by atoms with Crippen LogP contribution in [0.3, 0.4) is 0 Å². The Kier molecular flexibility index (Phi) is 6.35. The Balaban J connectivity index is 1.59. The summed E-state index contributed by atoms with van der Waals surface area (Å²) in [7, 11) is 0. The highest BCUT2D eigenvalue weighted by Gasteiger charge is 2.37. The van der Waals surface area contributed by atoms with Gasteiger partial charge in [-0.1, -0.05) is 44.2 Å². The van der Waals surface area contributed by atoms with Crippen LogP contribution < -0.4 is 0 Å². The molecule has 0 unspecified atom stereocenters. The maximum Gasteiger partial charge on any atom is 0.0723 e. The zero-order valence-electron chi connectivity index (χ0n) is 15.7. The zero-order valence-corrected chi connectivity index (χ0v) is 15.7. The Hall–Kier alpha value is -0.860. The lowest BCUT2D eigenvalue weighted by atomic mass is 9.72. The molecular formula is C22H35NO. The molecule has 1 saturated carbocycles. The van der Waals surface area contributed by atoms with Crippen molar-refractivity contribution in [2.75, 3.05) is 26.2 Å². The van der Waals surface area contributed by atoms with E-state index in [2.05, 4.69) is 49.1 Å². The number of hydrogen-bond acceptors (Lipinski definition) is 2. The minimum absolute atomic E-state index is 0.0759. The van der Waals surface area contributed by atoms with Crippen molar-refractivity contribution in [3.63, 3.8) is 0 Å². The van der Waals surface area contributed by atoms with Crippen LogP contribution in [0.4, 0.5) is 0 Å². The molecule has 2 fully saturated rings. The summed E-state index contributed by atoms with van der Waals surface area (Å²) in [5.41, 5.74) is 1.51. The molecule has 0 radical (unpaired) electrons. The molecule has 0 N–H and O–H groups in total. The van der Waals surface area contributed by atoms with E-state index in [1.165, 1.54) is 57.2 Å². The molecule has 1 aliphatic carbocycles. The van der Waals surface area contributed by atoms with Crippen LogP contribution in [0, 0.1) is 11.8 Å². The summed E-state index contributed by atoms with van der Waals surface area (Å²) in [6.45, 7) is 9.31. The minimum Gasteiger partial charge on any atom is -0.373 e. The van der Waals surface area contributed by atoms with Crippen molar-refractivity contribution in [2.45, 2.75) is 64.4 Å². The van der Waals surface area contributed by atoms with Crippen LogP contribution in [-0.4, -0.2) is 36.7 Å². The first-order chi connectivity index (χ1) is 11.7. The molecule has 0 atom stereocenters. The second-order valence-electron chi connectivity index (χ2n) is 8.32. The SMILES string of the molecule is CC(C)C1CCC(Cc2ccccc2)(OCCN2CCCC2)CC1. The first-order valence-electron chi connectivity index (χ1n) is 10.1. The van der Waals surface area contributed by atoms with E-state index in [0.29, 0.717) is 0 Å². The van der Waals surface area contributed by atoms with E-state index >= 15 is 0 Å². The van der Waals surface area contributed by atoms with Crippen LogP contribution in [-0.2, 0) is 11.2 Å². The van der Waals surface area contributed by atoms with Crippen molar-refractivity contribution < 1.29 is 4.74 Å². The molecule has 2 heteroatoms. The van der Waals surface area contributed by atoms with Gasteiger partial charge in [0.15, 0.2) is 0 Å². The fourth-order valence-electron chi connectivity index (χ4n) is 4.57. The first kappa shape index (κ1) is 17.9. The number of benzene rings is 1.